The molecule has 1 aliphatic rings. The van der Waals surface area contributed by atoms with E-state index < -0.39 is 6.17 Å². The molecule has 0 spiro atoms. The van der Waals surface area contributed by atoms with Crippen molar-refractivity contribution < 1.29 is 0 Å². The van der Waals surface area contributed by atoms with Gasteiger partial charge in [-0.15, -0.1) is 0 Å². The third-order valence-electron chi connectivity index (χ3n) is 10.7. The van der Waals surface area contributed by atoms with E-state index >= 15 is 0 Å². The fraction of sp³-hybridized carbons (Fsp3) is 0.104. The maximum Gasteiger partial charge on any atom is 0.127 e. The van der Waals surface area contributed by atoms with E-state index in [0.29, 0.717) is 0 Å². The van der Waals surface area contributed by atoms with Crippen molar-refractivity contribution >= 4 is 28.0 Å². The van der Waals surface area contributed by atoms with Gasteiger partial charge in [0.15, 0.2) is 0 Å². The van der Waals surface area contributed by atoms with Crippen LogP contribution in [0.1, 0.15) is 54.0 Å². The Kier molecular flexibility index (Phi) is 7.92. The van der Waals surface area contributed by atoms with E-state index in [0.717, 1.165) is 27.9 Å². The van der Waals surface area contributed by atoms with Gasteiger partial charge in [0.1, 0.15) is 6.17 Å². The average molecular weight is 673 g/mol. The zero-order valence-electron chi connectivity index (χ0n) is 29.4. The van der Waals surface area contributed by atoms with E-state index in [1.807, 2.05) is 42.6 Å². The molecule has 2 unspecified atom stereocenters. The molecule has 9 rings (SSSR count). The van der Waals surface area contributed by atoms with E-state index in [1.165, 1.54) is 49.7 Å². The van der Waals surface area contributed by atoms with E-state index in [4.69, 9.17) is 10.7 Å². The molecule has 252 valence electrons. The summed E-state index contributed by atoms with van der Waals surface area (Å²) >= 11 is 0. The molecule has 8 aromatic rings. The monoisotopic (exact) mass is 672 g/mol. The predicted molar refractivity (Wildman–Crippen MR) is 217 cm³/mol. The highest BCUT2D eigenvalue weighted by molar-refractivity contribution is 6.12. The van der Waals surface area contributed by atoms with Crippen molar-refractivity contribution in [2.24, 2.45) is 10.7 Å². The number of hydrogen-bond acceptors (Lipinski definition) is 3. The second kappa shape index (κ2) is 12.9. The van der Waals surface area contributed by atoms with Crippen LogP contribution < -0.4 is 11.1 Å². The van der Waals surface area contributed by atoms with Crippen molar-refractivity contribution in [1.29, 1.82) is 0 Å². The van der Waals surface area contributed by atoms with Crippen molar-refractivity contribution in [1.82, 2.24) is 9.88 Å². The van der Waals surface area contributed by atoms with Crippen LogP contribution in [-0.2, 0) is 5.41 Å². The molecule has 0 amide bonds. The predicted octanol–water partition coefficient (Wildman–Crippen LogP) is 11.1. The highest BCUT2D eigenvalue weighted by atomic mass is 15.1. The quantitative estimate of drug-likeness (QED) is 0.125. The molecule has 2 atom stereocenters. The van der Waals surface area contributed by atoms with Gasteiger partial charge in [-0.2, -0.15) is 0 Å². The third-order valence-corrected chi connectivity index (χ3v) is 10.7. The highest BCUT2D eigenvalue weighted by Gasteiger charge is 2.36. The van der Waals surface area contributed by atoms with Crippen molar-refractivity contribution in [2.45, 2.75) is 31.6 Å². The number of fused-ring (bicyclic) bond motifs is 6. The summed E-state index contributed by atoms with van der Waals surface area (Å²) in [6.07, 6.45) is 1.12. The van der Waals surface area contributed by atoms with Crippen molar-refractivity contribution in [2.75, 3.05) is 0 Å². The van der Waals surface area contributed by atoms with E-state index in [-0.39, 0.29) is 11.6 Å². The summed E-state index contributed by atoms with van der Waals surface area (Å²) in [5.74, 6) is 0. The molecule has 7 aromatic carbocycles. The number of rotatable bonds is 8. The number of nitrogens with zero attached hydrogens (tertiary/aromatic N) is 2. The molecule has 4 nitrogen and oxygen atoms in total. The van der Waals surface area contributed by atoms with Crippen LogP contribution in [0.25, 0.3) is 49.7 Å². The minimum atomic E-state index is -0.464. The van der Waals surface area contributed by atoms with Gasteiger partial charge in [0.25, 0.3) is 0 Å². The minimum Gasteiger partial charge on any atom is -0.312 e. The first-order chi connectivity index (χ1) is 25.5. The second-order valence-corrected chi connectivity index (χ2v) is 14.3. The topological polar surface area (TPSA) is 55.3 Å². The van der Waals surface area contributed by atoms with Crippen LogP contribution in [0.5, 0.6) is 0 Å². The van der Waals surface area contributed by atoms with Gasteiger partial charge in [0, 0.05) is 28.1 Å². The lowest BCUT2D eigenvalue weighted by Gasteiger charge is -2.22. The lowest BCUT2D eigenvalue weighted by Crippen LogP contribution is -2.31. The van der Waals surface area contributed by atoms with Crippen LogP contribution >= 0.6 is 0 Å². The van der Waals surface area contributed by atoms with Gasteiger partial charge in [-0.1, -0.05) is 147 Å². The third kappa shape index (κ3) is 5.54. The molecule has 0 saturated heterocycles. The van der Waals surface area contributed by atoms with E-state index in [1.54, 1.807) is 0 Å². The zero-order valence-corrected chi connectivity index (χ0v) is 29.4. The Hall–Kier alpha value is -6.07. The van der Waals surface area contributed by atoms with Crippen LogP contribution in [-0.4, -0.2) is 10.8 Å². The lowest BCUT2D eigenvalue weighted by molar-refractivity contribution is 0.467. The minimum absolute atomic E-state index is 0.114. The molecule has 52 heavy (non-hydrogen) atoms. The summed E-state index contributed by atoms with van der Waals surface area (Å²) in [5.41, 5.74) is 21.2. The lowest BCUT2D eigenvalue weighted by atomic mass is 9.82. The Morgan fingerprint density at radius 3 is 2.04 bits per heavy atom. The SMILES string of the molecule is CC1(C)c2ccccc2-c2cc3c4cc(-c5ccccc5)ccc4n(-c4cccc(C(N)NC(/N=C/c5ccccc5)c5ccccc5)c4)c3cc21. The van der Waals surface area contributed by atoms with Gasteiger partial charge < -0.3 is 10.3 Å². The van der Waals surface area contributed by atoms with Crippen molar-refractivity contribution in [3.8, 4) is 27.9 Å². The number of nitrogens with two attached hydrogens (primary N) is 1. The summed E-state index contributed by atoms with van der Waals surface area (Å²) in [6.45, 7) is 4.69. The van der Waals surface area contributed by atoms with Crippen molar-refractivity contribution in [3.05, 3.63) is 198 Å². The molecule has 0 radical (unpaired) electrons. The normalized spacial score (nSPS) is 14.4. The number of aromatic nitrogens is 1. The van der Waals surface area contributed by atoms with Gasteiger partial charge in [-0.25, -0.2) is 0 Å². The van der Waals surface area contributed by atoms with Gasteiger partial charge in [-0.3, -0.25) is 10.3 Å². The first kappa shape index (κ1) is 31.9. The van der Waals surface area contributed by atoms with E-state index in [9.17, 15) is 0 Å². The Labute approximate surface area is 304 Å². The van der Waals surface area contributed by atoms with Gasteiger partial charge in [-0.05, 0) is 86.5 Å². The number of hydrogen-bond donors (Lipinski definition) is 2. The standard InChI is InChI=1S/C48H40N4/c1-48(2)42-24-13-12-23-38(42)39-29-41-40-28-35(33-17-8-4-9-18-33)25-26-44(40)52(45(41)30-43(39)48)37-22-14-21-36(27-37)46(49)51-47(34-19-10-5-11-20-34)50-31-32-15-6-3-7-16-32/h3-31,46-47,51H,49H2,1-2H3/b50-31+. The molecule has 0 bridgehead atoms. The van der Waals surface area contributed by atoms with Crippen molar-refractivity contribution in [3.63, 3.8) is 0 Å². The summed E-state index contributed by atoms with van der Waals surface area (Å²) < 4.78 is 2.41. The van der Waals surface area contributed by atoms with Crippen LogP contribution in [0.4, 0.5) is 0 Å². The summed E-state index contributed by atoms with van der Waals surface area (Å²) in [6, 6.07) is 60.3. The highest BCUT2D eigenvalue weighted by Crippen LogP contribution is 2.51. The smallest absolute Gasteiger partial charge is 0.127 e. The van der Waals surface area contributed by atoms with Crippen LogP contribution in [0, 0.1) is 0 Å². The Morgan fingerprint density at radius 2 is 1.25 bits per heavy atom. The summed E-state index contributed by atoms with van der Waals surface area (Å²) in [7, 11) is 0. The van der Waals surface area contributed by atoms with Gasteiger partial charge in [0.05, 0.1) is 17.2 Å². The molecule has 0 saturated carbocycles. The molecule has 1 aliphatic carbocycles. The Morgan fingerprint density at radius 1 is 0.577 bits per heavy atom. The van der Waals surface area contributed by atoms with Gasteiger partial charge >= 0.3 is 0 Å². The maximum absolute atomic E-state index is 7.00. The summed E-state index contributed by atoms with van der Waals surface area (Å²) in [4.78, 5) is 4.96. The molecule has 1 heterocycles. The van der Waals surface area contributed by atoms with Crippen LogP contribution in [0.15, 0.2) is 175 Å². The molecular weight excluding hydrogens is 633 g/mol. The first-order valence-corrected chi connectivity index (χ1v) is 18.0. The fourth-order valence-corrected chi connectivity index (χ4v) is 7.99. The number of nitrogens with one attached hydrogen (secondary N) is 1. The van der Waals surface area contributed by atoms with E-state index in [2.05, 4.69) is 157 Å². The molecule has 0 fully saturated rings. The number of benzene rings is 7. The average Bonchev–Trinajstić information content (AvgIpc) is 3.64. The first-order valence-electron chi connectivity index (χ1n) is 18.0. The molecule has 1 aromatic heterocycles. The largest absolute Gasteiger partial charge is 0.312 e. The molecular formula is C48H40N4. The molecule has 0 aliphatic heterocycles. The van der Waals surface area contributed by atoms with Gasteiger partial charge in [0.2, 0.25) is 0 Å². The molecule has 4 heteroatoms. The van der Waals surface area contributed by atoms with Crippen LogP contribution in [0.2, 0.25) is 0 Å². The molecule has 3 N–H and O–H groups in total. The zero-order chi connectivity index (χ0) is 35.2. The fourth-order valence-electron chi connectivity index (χ4n) is 7.99. The maximum atomic E-state index is 7.00. The Bertz CT molecular complexity index is 2580. The Balaban J connectivity index is 1.17. The second-order valence-electron chi connectivity index (χ2n) is 14.3. The number of aliphatic imine (C=N–C) groups is 1. The van der Waals surface area contributed by atoms with Crippen LogP contribution in [0.3, 0.4) is 0 Å². The summed E-state index contributed by atoms with van der Waals surface area (Å²) in [5, 5.41) is 6.09.